The first-order chi connectivity index (χ1) is 21.7. The first-order valence-corrected chi connectivity index (χ1v) is 18.1. The van der Waals surface area contributed by atoms with Gasteiger partial charge in [0.25, 0.3) is 11.8 Å². The summed E-state index contributed by atoms with van der Waals surface area (Å²) in [5.41, 5.74) is 4.29. The van der Waals surface area contributed by atoms with Crippen LogP contribution in [-0.2, 0) is 15.8 Å². The van der Waals surface area contributed by atoms with Gasteiger partial charge in [0.1, 0.15) is 0 Å². The third-order valence-corrected chi connectivity index (χ3v) is 11.8. The molecule has 1 aromatic carbocycles. The Balaban J connectivity index is 1.20. The molecule has 2 aromatic rings. The van der Waals surface area contributed by atoms with E-state index in [1.165, 1.54) is 6.42 Å². The summed E-state index contributed by atoms with van der Waals surface area (Å²) in [5.74, 6) is 0.767. The summed E-state index contributed by atoms with van der Waals surface area (Å²) in [4.78, 5) is 32.3. The number of amides is 2. The lowest BCUT2D eigenvalue weighted by Gasteiger charge is -2.39. The van der Waals surface area contributed by atoms with Crippen molar-refractivity contribution in [1.29, 1.82) is 0 Å². The number of nitrogens with zero attached hydrogens (tertiary/aromatic N) is 2. The van der Waals surface area contributed by atoms with E-state index >= 15 is 0 Å². The molecule has 4 N–H and O–H groups in total. The van der Waals surface area contributed by atoms with Gasteiger partial charge in [-0.2, -0.15) is 0 Å². The van der Waals surface area contributed by atoms with Crippen LogP contribution in [0.3, 0.4) is 0 Å². The third kappa shape index (κ3) is 8.27. The Morgan fingerprint density at radius 2 is 1.78 bits per heavy atom. The van der Waals surface area contributed by atoms with E-state index in [4.69, 9.17) is 11.6 Å². The van der Waals surface area contributed by atoms with E-state index in [9.17, 15) is 13.8 Å². The summed E-state index contributed by atoms with van der Waals surface area (Å²) in [5, 5.41) is 9.51. The standard InChI is InChI=1S/C34H49ClN6O3S/c1-22-16-23(2)38-32(22)20-29(33(42)37-4)25-6-9-31(35)30(17-25)34(43)39-26-18-27-7-8-28(19-26)41(27)45(44)21-24-10-14-40(15-11-24)13-5-12-36-3/h6,9,16-17,20,24,26-28,36,38H,5,7-8,10-15,18-19,21H2,1-4H3,(H,37,42)(H,39,43)/b29-20-/t26?,27-,28?,45?/m1/s1. The van der Waals surface area contributed by atoms with Crippen LogP contribution in [0.25, 0.3) is 11.6 Å². The van der Waals surface area contributed by atoms with Crippen molar-refractivity contribution in [2.75, 3.05) is 46.0 Å². The van der Waals surface area contributed by atoms with Gasteiger partial charge in [-0.25, -0.2) is 8.51 Å². The quantitative estimate of drug-likeness (QED) is 0.202. The zero-order valence-electron chi connectivity index (χ0n) is 27.1. The van der Waals surface area contributed by atoms with Gasteiger partial charge in [0, 0.05) is 47.9 Å². The van der Waals surface area contributed by atoms with E-state index in [1.807, 2.05) is 33.0 Å². The Labute approximate surface area is 275 Å². The number of nitrogens with one attached hydrogen (secondary N) is 4. The molecule has 11 heteroatoms. The minimum Gasteiger partial charge on any atom is -0.359 e. The fourth-order valence-electron chi connectivity index (χ4n) is 7.32. The van der Waals surface area contributed by atoms with Crippen LogP contribution in [0.2, 0.25) is 5.02 Å². The van der Waals surface area contributed by atoms with E-state index < -0.39 is 11.0 Å². The second-order valence-corrected chi connectivity index (χ2v) is 14.8. The molecule has 4 heterocycles. The van der Waals surface area contributed by atoms with Gasteiger partial charge in [-0.15, -0.1) is 0 Å². The summed E-state index contributed by atoms with van der Waals surface area (Å²) in [6.07, 6.45) is 8.81. The van der Waals surface area contributed by atoms with E-state index in [2.05, 4.69) is 30.1 Å². The smallest absolute Gasteiger partial charge is 0.253 e. The number of benzene rings is 1. The summed E-state index contributed by atoms with van der Waals surface area (Å²) >= 11 is 6.54. The summed E-state index contributed by atoms with van der Waals surface area (Å²) < 4.78 is 15.9. The average Bonchev–Trinajstić information content (AvgIpc) is 3.49. The fourth-order valence-corrected chi connectivity index (χ4v) is 9.48. The van der Waals surface area contributed by atoms with Crippen molar-refractivity contribution in [2.24, 2.45) is 5.92 Å². The van der Waals surface area contributed by atoms with Gasteiger partial charge in [-0.05, 0) is 133 Å². The molecule has 3 aliphatic rings. The van der Waals surface area contributed by atoms with Crippen LogP contribution < -0.4 is 16.0 Å². The van der Waals surface area contributed by atoms with Gasteiger partial charge < -0.3 is 25.8 Å². The first kappa shape index (κ1) is 33.9. The molecule has 0 spiro atoms. The lowest BCUT2D eigenvalue weighted by atomic mass is 9.98. The number of fused-ring (bicyclic) bond motifs is 2. The molecule has 0 radical (unpaired) electrons. The Kier molecular flexibility index (Phi) is 11.6. The van der Waals surface area contributed by atoms with Crippen molar-refractivity contribution in [3.8, 4) is 0 Å². The van der Waals surface area contributed by atoms with Crippen LogP contribution in [0.15, 0.2) is 24.3 Å². The zero-order chi connectivity index (χ0) is 32.1. The maximum absolute atomic E-state index is 13.6. The Hall–Kier alpha value is -2.50. The molecule has 45 heavy (non-hydrogen) atoms. The molecular weight excluding hydrogens is 608 g/mol. The number of rotatable bonds is 12. The highest BCUT2D eigenvalue weighted by atomic mass is 35.5. The van der Waals surface area contributed by atoms with Gasteiger partial charge in [0.2, 0.25) is 0 Å². The average molecular weight is 657 g/mol. The van der Waals surface area contributed by atoms with Crippen LogP contribution in [-0.4, -0.2) is 94.4 Å². The molecule has 3 unspecified atom stereocenters. The van der Waals surface area contributed by atoms with E-state index in [-0.39, 0.29) is 29.9 Å². The van der Waals surface area contributed by atoms with Crippen LogP contribution in [0.4, 0.5) is 0 Å². The van der Waals surface area contributed by atoms with E-state index in [0.29, 0.717) is 27.6 Å². The number of piperidine rings is 2. The normalized spacial score (nSPS) is 23.7. The van der Waals surface area contributed by atoms with E-state index in [0.717, 1.165) is 87.4 Å². The van der Waals surface area contributed by atoms with Gasteiger partial charge >= 0.3 is 0 Å². The van der Waals surface area contributed by atoms with Crippen molar-refractivity contribution in [1.82, 2.24) is 30.1 Å². The second kappa shape index (κ2) is 15.4. The van der Waals surface area contributed by atoms with Crippen LogP contribution in [0.5, 0.6) is 0 Å². The van der Waals surface area contributed by atoms with Crippen LogP contribution in [0, 0.1) is 19.8 Å². The maximum atomic E-state index is 13.6. The molecule has 3 fully saturated rings. The molecule has 3 saturated heterocycles. The number of H-pyrrole nitrogens is 1. The number of aryl methyl sites for hydroxylation is 2. The topological polar surface area (TPSA) is 110 Å². The summed E-state index contributed by atoms with van der Waals surface area (Å²) in [6, 6.07) is 7.60. The zero-order valence-corrected chi connectivity index (χ0v) is 28.7. The predicted molar refractivity (Wildman–Crippen MR) is 184 cm³/mol. The van der Waals surface area contributed by atoms with Crippen molar-refractivity contribution in [2.45, 2.75) is 76.9 Å². The number of halogens is 1. The molecule has 2 amide bonds. The number of aromatic nitrogens is 1. The van der Waals surface area contributed by atoms with Crippen molar-refractivity contribution < 1.29 is 13.8 Å². The van der Waals surface area contributed by atoms with Gasteiger partial charge in [-0.1, -0.05) is 17.7 Å². The Morgan fingerprint density at radius 3 is 2.40 bits per heavy atom. The van der Waals surface area contributed by atoms with Crippen molar-refractivity contribution >= 4 is 46.1 Å². The van der Waals surface area contributed by atoms with Gasteiger partial charge in [0.15, 0.2) is 0 Å². The molecule has 0 aliphatic carbocycles. The fraction of sp³-hybridized carbons (Fsp3) is 0.588. The predicted octanol–water partition coefficient (Wildman–Crippen LogP) is 4.28. The van der Waals surface area contributed by atoms with E-state index in [1.54, 1.807) is 25.2 Å². The lowest BCUT2D eigenvalue weighted by molar-refractivity contribution is -0.115. The molecular formula is C34H49ClN6O3S. The highest BCUT2D eigenvalue weighted by molar-refractivity contribution is 7.82. The van der Waals surface area contributed by atoms with Crippen LogP contribution >= 0.6 is 11.6 Å². The molecule has 2 bridgehead atoms. The maximum Gasteiger partial charge on any atom is 0.253 e. The molecule has 4 atom stereocenters. The number of likely N-dealkylation sites (N-methyl/N-ethyl adjacent to an activating group) is 1. The number of carbonyl (C=O) groups excluding carboxylic acids is 2. The number of hydrogen-bond acceptors (Lipinski definition) is 5. The number of aromatic amines is 1. The molecule has 9 nitrogen and oxygen atoms in total. The number of likely N-dealkylation sites (tertiary alicyclic amines) is 1. The largest absolute Gasteiger partial charge is 0.359 e. The molecule has 3 aliphatic heterocycles. The second-order valence-electron chi connectivity index (χ2n) is 13.0. The van der Waals surface area contributed by atoms with Crippen molar-refractivity contribution in [3.63, 3.8) is 0 Å². The SMILES string of the molecule is CNCCCN1CCC(CS(=O)N2C3CC[C@@H]2CC(NC(=O)c2cc(/C(=C/c4[nH]c(C)cc4C)C(=O)NC)ccc2Cl)C3)CC1. The minimum absolute atomic E-state index is 0.0117. The lowest BCUT2D eigenvalue weighted by Crippen LogP contribution is -2.51. The number of carbonyl (C=O) groups is 2. The first-order valence-electron chi connectivity index (χ1n) is 16.4. The van der Waals surface area contributed by atoms with Gasteiger partial charge in [-0.3, -0.25) is 9.59 Å². The molecule has 5 rings (SSSR count). The van der Waals surface area contributed by atoms with Gasteiger partial charge in [0.05, 0.1) is 21.6 Å². The monoisotopic (exact) mass is 656 g/mol. The minimum atomic E-state index is -0.994. The Morgan fingerprint density at radius 1 is 1.07 bits per heavy atom. The molecule has 1 aromatic heterocycles. The highest BCUT2D eigenvalue weighted by Crippen LogP contribution is 2.38. The van der Waals surface area contributed by atoms with Crippen molar-refractivity contribution in [3.05, 3.63) is 57.4 Å². The highest BCUT2D eigenvalue weighted by Gasteiger charge is 2.44. The van der Waals surface area contributed by atoms with Crippen LogP contribution in [0.1, 0.15) is 77.8 Å². The molecule has 0 saturated carbocycles. The summed E-state index contributed by atoms with van der Waals surface area (Å²) in [7, 11) is 2.60. The third-order valence-electron chi connectivity index (χ3n) is 9.70. The number of hydrogen-bond donors (Lipinski definition) is 4. The Bertz CT molecular complexity index is 1400. The molecule has 246 valence electrons. The summed E-state index contributed by atoms with van der Waals surface area (Å²) in [6.45, 7) is 8.34.